The maximum absolute atomic E-state index is 12.1. The van der Waals surface area contributed by atoms with Crippen molar-refractivity contribution < 1.29 is 4.52 Å². The van der Waals surface area contributed by atoms with Gasteiger partial charge >= 0.3 is 0 Å². The summed E-state index contributed by atoms with van der Waals surface area (Å²) in [7, 11) is 0. The molecule has 0 radical (unpaired) electrons. The molecule has 1 fully saturated rings. The molecule has 0 unspecified atom stereocenters. The second-order valence-corrected chi connectivity index (χ2v) is 5.75. The van der Waals surface area contributed by atoms with E-state index in [1.54, 1.807) is 16.7 Å². The van der Waals surface area contributed by atoms with Gasteiger partial charge in [0.15, 0.2) is 5.76 Å². The average Bonchev–Trinajstić information content (AvgIpc) is 3.22. The zero-order chi connectivity index (χ0) is 14.4. The summed E-state index contributed by atoms with van der Waals surface area (Å²) in [6, 6.07) is 6.95. The molecule has 1 saturated carbocycles. The van der Waals surface area contributed by atoms with Crippen LogP contribution in [0.4, 0.5) is 0 Å². The molecule has 0 aromatic carbocycles. The van der Waals surface area contributed by atoms with Crippen LogP contribution in [-0.4, -0.2) is 14.7 Å². The van der Waals surface area contributed by atoms with E-state index >= 15 is 0 Å². The Morgan fingerprint density at radius 3 is 3.00 bits per heavy atom. The van der Waals surface area contributed by atoms with Crippen LogP contribution in [0, 0.1) is 0 Å². The fourth-order valence-corrected chi connectivity index (χ4v) is 2.60. The van der Waals surface area contributed by atoms with Gasteiger partial charge in [-0.3, -0.25) is 9.36 Å². The van der Waals surface area contributed by atoms with E-state index in [1.165, 1.54) is 25.1 Å². The summed E-state index contributed by atoms with van der Waals surface area (Å²) in [6.45, 7) is 0.324. The Kier molecular flexibility index (Phi) is 2.82. The van der Waals surface area contributed by atoms with Crippen molar-refractivity contribution in [3.05, 3.63) is 57.3 Å². The zero-order valence-electron chi connectivity index (χ0n) is 11.1. The molecule has 0 spiro atoms. The molecular weight excluding hydrogens is 290 g/mol. The third kappa shape index (κ3) is 2.34. The Balaban J connectivity index is 1.77. The fraction of sp³-hybridized carbons (Fsp3) is 0.267. The number of nitrogens with zero attached hydrogens (tertiary/aromatic N) is 3. The number of pyridine rings is 2. The van der Waals surface area contributed by atoms with Crippen LogP contribution in [0.15, 0.2) is 39.8 Å². The molecule has 4 rings (SSSR count). The van der Waals surface area contributed by atoms with E-state index in [9.17, 15) is 4.79 Å². The molecule has 3 heterocycles. The van der Waals surface area contributed by atoms with Crippen LogP contribution in [0.2, 0.25) is 5.02 Å². The SMILES string of the molecule is O=c1ccc2cc(Cl)cnc2n1Cc1cc(C2CC2)no1. The molecule has 0 bridgehead atoms. The van der Waals surface area contributed by atoms with Gasteiger partial charge in [-0.1, -0.05) is 16.8 Å². The summed E-state index contributed by atoms with van der Waals surface area (Å²) in [5.41, 5.74) is 1.45. The normalized spacial score (nSPS) is 14.7. The van der Waals surface area contributed by atoms with E-state index in [4.69, 9.17) is 16.1 Å². The van der Waals surface area contributed by atoms with Crippen LogP contribution < -0.4 is 5.56 Å². The Morgan fingerprint density at radius 1 is 1.33 bits per heavy atom. The standard InChI is InChI=1S/C15H12ClN3O2/c16-11-5-10-3-4-14(20)19(15(10)17-7-11)8-12-6-13(18-21-12)9-1-2-9/h3-7,9H,1-2,8H2. The molecule has 3 aromatic heterocycles. The summed E-state index contributed by atoms with van der Waals surface area (Å²) >= 11 is 5.94. The van der Waals surface area contributed by atoms with Crippen molar-refractivity contribution in [3.8, 4) is 0 Å². The lowest BCUT2D eigenvalue weighted by Crippen LogP contribution is -2.20. The van der Waals surface area contributed by atoms with Gasteiger partial charge in [-0.2, -0.15) is 0 Å². The Labute approximate surface area is 125 Å². The van der Waals surface area contributed by atoms with E-state index in [1.807, 2.05) is 6.07 Å². The second-order valence-electron chi connectivity index (χ2n) is 5.32. The first-order chi connectivity index (χ1) is 10.2. The molecule has 0 amide bonds. The van der Waals surface area contributed by atoms with Crippen molar-refractivity contribution in [1.29, 1.82) is 0 Å². The monoisotopic (exact) mass is 301 g/mol. The van der Waals surface area contributed by atoms with Crippen molar-refractivity contribution >= 4 is 22.6 Å². The summed E-state index contributed by atoms with van der Waals surface area (Å²) in [5.74, 6) is 1.20. The first-order valence-electron chi connectivity index (χ1n) is 6.81. The highest BCUT2D eigenvalue weighted by atomic mass is 35.5. The Morgan fingerprint density at radius 2 is 2.19 bits per heavy atom. The molecule has 6 heteroatoms. The van der Waals surface area contributed by atoms with E-state index < -0.39 is 0 Å². The van der Waals surface area contributed by atoms with Crippen LogP contribution in [-0.2, 0) is 6.54 Å². The van der Waals surface area contributed by atoms with Gasteiger partial charge < -0.3 is 4.52 Å². The number of halogens is 1. The van der Waals surface area contributed by atoms with Crippen molar-refractivity contribution in [2.24, 2.45) is 0 Å². The fourth-order valence-electron chi connectivity index (χ4n) is 2.43. The lowest BCUT2D eigenvalue weighted by atomic mass is 10.2. The minimum Gasteiger partial charge on any atom is -0.359 e. The summed E-state index contributed by atoms with van der Waals surface area (Å²) in [4.78, 5) is 16.4. The van der Waals surface area contributed by atoms with E-state index in [2.05, 4.69) is 10.1 Å². The molecule has 1 aliphatic rings. The molecular formula is C15H12ClN3O2. The van der Waals surface area contributed by atoms with Gasteiger partial charge in [-0.25, -0.2) is 4.98 Å². The first kappa shape index (κ1) is 12.6. The number of rotatable bonds is 3. The van der Waals surface area contributed by atoms with E-state index in [0.717, 1.165) is 11.1 Å². The van der Waals surface area contributed by atoms with Crippen LogP contribution in [0.3, 0.4) is 0 Å². The third-order valence-electron chi connectivity index (χ3n) is 3.68. The molecule has 5 nitrogen and oxygen atoms in total. The van der Waals surface area contributed by atoms with Crippen LogP contribution >= 0.6 is 11.6 Å². The summed E-state index contributed by atoms with van der Waals surface area (Å²) < 4.78 is 6.91. The third-order valence-corrected chi connectivity index (χ3v) is 3.88. The molecule has 0 aliphatic heterocycles. The topological polar surface area (TPSA) is 60.9 Å². The molecule has 0 atom stereocenters. The van der Waals surface area contributed by atoms with Gasteiger partial charge in [0.2, 0.25) is 0 Å². The maximum atomic E-state index is 12.1. The summed E-state index contributed by atoms with van der Waals surface area (Å²) in [6.07, 6.45) is 3.87. The smallest absolute Gasteiger partial charge is 0.252 e. The number of aromatic nitrogens is 3. The van der Waals surface area contributed by atoms with E-state index in [0.29, 0.717) is 28.9 Å². The largest absolute Gasteiger partial charge is 0.359 e. The number of hydrogen-bond donors (Lipinski definition) is 0. The lowest BCUT2D eigenvalue weighted by molar-refractivity contribution is 0.371. The van der Waals surface area contributed by atoms with Crippen molar-refractivity contribution in [2.75, 3.05) is 0 Å². The quantitative estimate of drug-likeness (QED) is 0.746. The van der Waals surface area contributed by atoms with Crippen molar-refractivity contribution in [1.82, 2.24) is 14.7 Å². The highest BCUT2D eigenvalue weighted by molar-refractivity contribution is 6.31. The van der Waals surface area contributed by atoms with Gasteiger partial charge in [0.1, 0.15) is 5.65 Å². The molecule has 106 valence electrons. The van der Waals surface area contributed by atoms with Gasteiger partial charge in [-0.15, -0.1) is 0 Å². The average molecular weight is 302 g/mol. The van der Waals surface area contributed by atoms with Gasteiger partial charge in [-0.05, 0) is 25.0 Å². The van der Waals surface area contributed by atoms with Crippen molar-refractivity contribution in [2.45, 2.75) is 25.3 Å². The molecule has 0 saturated heterocycles. The lowest BCUT2D eigenvalue weighted by Gasteiger charge is -2.07. The predicted octanol–water partition coefficient (Wildman–Crippen LogP) is 2.96. The van der Waals surface area contributed by atoms with Gasteiger partial charge in [0.25, 0.3) is 5.56 Å². The van der Waals surface area contributed by atoms with Crippen molar-refractivity contribution in [3.63, 3.8) is 0 Å². The molecule has 3 aromatic rings. The number of fused-ring (bicyclic) bond motifs is 1. The van der Waals surface area contributed by atoms with Crippen LogP contribution in [0.1, 0.15) is 30.2 Å². The highest BCUT2D eigenvalue weighted by Crippen LogP contribution is 2.39. The Bertz CT molecular complexity index is 880. The predicted molar refractivity (Wildman–Crippen MR) is 78.6 cm³/mol. The van der Waals surface area contributed by atoms with Gasteiger partial charge in [0.05, 0.1) is 17.3 Å². The molecule has 0 N–H and O–H groups in total. The second kappa shape index (κ2) is 4.70. The summed E-state index contributed by atoms with van der Waals surface area (Å²) in [5, 5.41) is 5.43. The minimum atomic E-state index is -0.123. The molecule has 21 heavy (non-hydrogen) atoms. The van der Waals surface area contributed by atoms with E-state index in [-0.39, 0.29) is 5.56 Å². The van der Waals surface area contributed by atoms with Crippen LogP contribution in [0.5, 0.6) is 0 Å². The minimum absolute atomic E-state index is 0.123. The highest BCUT2D eigenvalue weighted by Gasteiger charge is 2.27. The maximum Gasteiger partial charge on any atom is 0.252 e. The zero-order valence-corrected chi connectivity index (χ0v) is 11.9. The first-order valence-corrected chi connectivity index (χ1v) is 7.19. The Hall–Kier alpha value is -2.14. The number of hydrogen-bond acceptors (Lipinski definition) is 4. The molecule has 1 aliphatic carbocycles. The van der Waals surface area contributed by atoms with Gasteiger partial charge in [0, 0.05) is 29.6 Å². The van der Waals surface area contributed by atoms with Crippen LogP contribution in [0.25, 0.3) is 11.0 Å².